The van der Waals surface area contributed by atoms with Crippen molar-refractivity contribution in [3.05, 3.63) is 42.0 Å². The summed E-state index contributed by atoms with van der Waals surface area (Å²) in [6, 6.07) is 9.48. The average molecular weight is 574 g/mol. The van der Waals surface area contributed by atoms with Gasteiger partial charge in [0.2, 0.25) is 0 Å². The third-order valence-corrected chi connectivity index (χ3v) is 6.26. The first-order chi connectivity index (χ1) is 19.7. The number of nitrogens with zero attached hydrogens (tertiary/aromatic N) is 1. The highest BCUT2D eigenvalue weighted by Gasteiger charge is 2.30. The lowest BCUT2D eigenvalue weighted by Gasteiger charge is -2.27. The number of aliphatic hydroxyl groups is 1. The number of rotatable bonds is 14. The Morgan fingerprint density at radius 1 is 1.17 bits per heavy atom. The van der Waals surface area contributed by atoms with Gasteiger partial charge in [0, 0.05) is 32.5 Å². The molecule has 0 saturated heterocycles. The van der Waals surface area contributed by atoms with Crippen LogP contribution in [0.3, 0.4) is 0 Å². The first-order valence-corrected chi connectivity index (χ1v) is 14.6. The van der Waals surface area contributed by atoms with E-state index in [1.54, 1.807) is 19.1 Å². The van der Waals surface area contributed by atoms with E-state index in [2.05, 4.69) is 33.5 Å². The van der Waals surface area contributed by atoms with Gasteiger partial charge < -0.3 is 29.2 Å². The molecule has 0 heterocycles. The number of benzene rings is 1. The smallest absolute Gasteiger partial charge is 0.305 e. The fourth-order valence-electron chi connectivity index (χ4n) is 4.17. The van der Waals surface area contributed by atoms with Crippen LogP contribution in [0.5, 0.6) is 5.75 Å². The van der Waals surface area contributed by atoms with Crippen LogP contribution >= 0.6 is 0 Å². The minimum absolute atomic E-state index is 0.208. The zero-order chi connectivity index (χ0) is 30.9. The molecule has 230 valence electrons. The van der Waals surface area contributed by atoms with Crippen molar-refractivity contribution in [1.82, 2.24) is 0 Å². The molecule has 2 rings (SSSR count). The number of aromatic hydroxyl groups is 1. The van der Waals surface area contributed by atoms with Gasteiger partial charge in [-0.15, -0.1) is 11.8 Å². The number of esters is 1. The number of nitriles is 1. The summed E-state index contributed by atoms with van der Waals surface area (Å²) in [6.07, 6.45) is 11.1. The van der Waals surface area contributed by atoms with Crippen molar-refractivity contribution in [2.24, 2.45) is 5.92 Å². The molecule has 8 nitrogen and oxygen atoms in total. The van der Waals surface area contributed by atoms with Crippen molar-refractivity contribution in [1.29, 1.82) is 5.26 Å². The number of para-hydroxylation sites is 1. The van der Waals surface area contributed by atoms with Crippen LogP contribution in [0.1, 0.15) is 91.5 Å². The lowest BCUT2D eigenvalue weighted by molar-refractivity contribution is -0.168. The monoisotopic (exact) mass is 573 g/mol. The van der Waals surface area contributed by atoms with Crippen LogP contribution in [0, 0.1) is 29.1 Å². The van der Waals surface area contributed by atoms with E-state index in [0.29, 0.717) is 51.2 Å². The molecule has 1 saturated carbocycles. The first-order valence-electron chi connectivity index (χ1n) is 14.6. The second-order valence-electron chi connectivity index (χ2n) is 9.59. The molecule has 0 amide bonds. The van der Waals surface area contributed by atoms with E-state index < -0.39 is 18.2 Å². The summed E-state index contributed by atoms with van der Waals surface area (Å²) in [4.78, 5) is 10.8. The quantitative estimate of drug-likeness (QED) is 0.113. The molecule has 1 fully saturated rings. The number of phenolic OH excluding ortho intramolecular Hbond substituents is 1. The zero-order valence-corrected chi connectivity index (χ0v) is 25.9. The van der Waals surface area contributed by atoms with E-state index in [1.165, 1.54) is 32.8 Å². The highest BCUT2D eigenvalue weighted by atomic mass is 16.7. The second kappa shape index (κ2) is 23.8. The molecule has 1 aromatic rings. The molecular weight excluding hydrogens is 522 g/mol. The van der Waals surface area contributed by atoms with E-state index in [-0.39, 0.29) is 11.7 Å². The Kier molecular flexibility index (Phi) is 22.1. The molecule has 0 aromatic heterocycles. The number of carbonyl (C=O) groups excluding carboxylic acids is 1. The number of aryl methyl sites for hydroxylation is 1. The lowest BCUT2D eigenvalue weighted by Crippen LogP contribution is -2.34. The van der Waals surface area contributed by atoms with Crippen molar-refractivity contribution in [2.45, 2.75) is 111 Å². The first kappa shape index (κ1) is 38.1. The van der Waals surface area contributed by atoms with Crippen molar-refractivity contribution in [3.8, 4) is 23.7 Å². The molecular formula is C33H51NO7. The Bertz CT molecular complexity index is 954. The van der Waals surface area contributed by atoms with Crippen molar-refractivity contribution < 1.29 is 34.0 Å². The number of allylic oxidation sites excluding steroid dienone is 1. The molecule has 0 spiro atoms. The average Bonchev–Trinajstić information content (AvgIpc) is 3.47. The van der Waals surface area contributed by atoms with Crippen molar-refractivity contribution in [3.63, 3.8) is 0 Å². The highest BCUT2D eigenvalue weighted by molar-refractivity contribution is 5.69. The predicted octanol–water partition coefficient (Wildman–Crippen LogP) is 6.45. The van der Waals surface area contributed by atoms with Crippen molar-refractivity contribution in [2.75, 3.05) is 20.3 Å². The number of aliphatic hydroxyl groups excluding tert-OH is 1. The van der Waals surface area contributed by atoms with Gasteiger partial charge in [-0.3, -0.25) is 4.79 Å². The number of carbonyl (C=O) groups is 1. The number of phenols is 1. The van der Waals surface area contributed by atoms with E-state index in [4.69, 9.17) is 14.6 Å². The molecule has 1 aliphatic rings. The van der Waals surface area contributed by atoms with E-state index in [0.717, 1.165) is 5.56 Å². The molecule has 3 atom stereocenters. The molecule has 41 heavy (non-hydrogen) atoms. The molecule has 0 bridgehead atoms. The third kappa shape index (κ3) is 19.0. The normalized spacial score (nSPS) is 15.6. The number of methoxy groups -OCH3 is 1. The van der Waals surface area contributed by atoms with Crippen LogP contribution in [-0.4, -0.2) is 54.7 Å². The molecule has 2 N–H and O–H groups in total. The van der Waals surface area contributed by atoms with Gasteiger partial charge in [0.15, 0.2) is 18.2 Å². The van der Waals surface area contributed by atoms with Crippen LogP contribution in [0.2, 0.25) is 0 Å². The Hall–Kier alpha value is -2.88. The van der Waals surface area contributed by atoms with Crippen LogP contribution in [-0.2, 0) is 30.2 Å². The minimum atomic E-state index is -0.930. The van der Waals surface area contributed by atoms with E-state index in [1.807, 2.05) is 45.9 Å². The summed E-state index contributed by atoms with van der Waals surface area (Å²) in [5.74, 6) is 6.55. The summed E-state index contributed by atoms with van der Waals surface area (Å²) in [6.45, 7) is 10.2. The SMILES string of the molecule is CC#CCCC(C#N)(/C=C/C1CCCC1)OC(C)OCC.CCOC(C)O.COC(=O)CCCc1ccccc1O. The Balaban J connectivity index is 0.000000685. The fraction of sp³-hybridized carbons (Fsp3) is 0.636. The predicted molar refractivity (Wildman–Crippen MR) is 161 cm³/mol. The van der Waals surface area contributed by atoms with Gasteiger partial charge in [-0.2, -0.15) is 5.26 Å². The van der Waals surface area contributed by atoms with Crippen molar-refractivity contribution >= 4 is 5.97 Å². The highest BCUT2D eigenvalue weighted by Crippen LogP contribution is 2.29. The number of hydrogen-bond donors (Lipinski definition) is 2. The topological polar surface area (TPSA) is 118 Å². The Labute approximate surface area is 247 Å². The van der Waals surface area contributed by atoms with E-state index >= 15 is 0 Å². The van der Waals surface area contributed by atoms with Gasteiger partial charge in [-0.25, -0.2) is 0 Å². The van der Waals surface area contributed by atoms with Gasteiger partial charge in [0.25, 0.3) is 0 Å². The second-order valence-corrected chi connectivity index (χ2v) is 9.59. The van der Waals surface area contributed by atoms with Gasteiger partial charge in [0.05, 0.1) is 7.11 Å². The molecule has 3 unspecified atom stereocenters. The van der Waals surface area contributed by atoms with Crippen LogP contribution in [0.15, 0.2) is 36.4 Å². The van der Waals surface area contributed by atoms with Gasteiger partial charge in [0.1, 0.15) is 11.8 Å². The molecule has 1 aliphatic carbocycles. The van der Waals surface area contributed by atoms with Gasteiger partial charge >= 0.3 is 5.97 Å². The largest absolute Gasteiger partial charge is 0.508 e. The molecule has 0 aliphatic heterocycles. The maximum Gasteiger partial charge on any atom is 0.305 e. The third-order valence-electron chi connectivity index (χ3n) is 6.26. The maximum absolute atomic E-state index is 10.8. The van der Waals surface area contributed by atoms with Gasteiger partial charge in [-0.05, 0) is 83.9 Å². The summed E-state index contributed by atoms with van der Waals surface area (Å²) in [7, 11) is 1.38. The number of ether oxygens (including phenoxy) is 4. The zero-order valence-electron chi connectivity index (χ0n) is 25.9. The molecule has 0 radical (unpaired) electrons. The Morgan fingerprint density at radius 3 is 2.34 bits per heavy atom. The molecule has 8 heteroatoms. The minimum Gasteiger partial charge on any atom is -0.508 e. The van der Waals surface area contributed by atoms with Crippen LogP contribution in [0.25, 0.3) is 0 Å². The Morgan fingerprint density at radius 2 is 1.83 bits per heavy atom. The summed E-state index contributed by atoms with van der Waals surface area (Å²) >= 11 is 0. The van der Waals surface area contributed by atoms with E-state index in [9.17, 15) is 15.2 Å². The van der Waals surface area contributed by atoms with Crippen LogP contribution < -0.4 is 0 Å². The van der Waals surface area contributed by atoms with Crippen LogP contribution in [0.4, 0.5) is 0 Å². The standard InChI is InChI=1S/C18H27NO2.C11H14O3.C4H10O2/c1-4-6-9-13-18(15-19,21-16(3)20-5-2)14-12-17-10-7-8-11-17;1-14-11(13)8-4-6-9-5-2-3-7-10(9)12;1-3-6-4(2)5/h12,14,16-17H,5,7-11,13H2,1-3H3;2-3,5,7,12H,4,6,8H2,1H3;4-5H,3H2,1-2H3/b14-12+;;. The van der Waals surface area contributed by atoms with Gasteiger partial charge in [-0.1, -0.05) is 37.1 Å². The lowest BCUT2D eigenvalue weighted by atomic mass is 9.95. The summed E-state index contributed by atoms with van der Waals surface area (Å²) in [5.41, 5.74) is -0.0579. The maximum atomic E-state index is 10.8. The molecule has 1 aromatic carbocycles. The summed E-state index contributed by atoms with van der Waals surface area (Å²) < 4.78 is 20.4. The summed E-state index contributed by atoms with van der Waals surface area (Å²) in [5, 5.41) is 27.4. The number of hydrogen-bond acceptors (Lipinski definition) is 8. The fourth-order valence-corrected chi connectivity index (χ4v) is 4.17.